The van der Waals surface area contributed by atoms with Gasteiger partial charge in [-0.2, -0.15) is 4.98 Å². The predicted molar refractivity (Wildman–Crippen MR) is 122 cm³/mol. The lowest BCUT2D eigenvalue weighted by Gasteiger charge is -2.29. The summed E-state index contributed by atoms with van der Waals surface area (Å²) in [5, 5.41) is 7.13. The zero-order valence-electron chi connectivity index (χ0n) is 18.6. The van der Waals surface area contributed by atoms with Crippen molar-refractivity contribution in [3.05, 3.63) is 36.0 Å². The molecule has 3 rings (SSSR count). The van der Waals surface area contributed by atoms with Gasteiger partial charge in [0.1, 0.15) is 5.82 Å². The minimum atomic E-state index is 0.453. The molecule has 0 saturated heterocycles. The van der Waals surface area contributed by atoms with E-state index in [2.05, 4.69) is 32.7 Å². The Balaban J connectivity index is 1.41. The van der Waals surface area contributed by atoms with E-state index in [1.165, 1.54) is 18.4 Å². The van der Waals surface area contributed by atoms with Gasteiger partial charge >= 0.3 is 0 Å². The summed E-state index contributed by atoms with van der Waals surface area (Å²) in [6.45, 7) is 4.50. The van der Waals surface area contributed by atoms with Crippen molar-refractivity contribution in [1.29, 1.82) is 0 Å². The van der Waals surface area contributed by atoms with Gasteiger partial charge in [0.25, 0.3) is 0 Å². The second kappa shape index (κ2) is 11.0. The van der Waals surface area contributed by atoms with Gasteiger partial charge in [0.05, 0.1) is 13.7 Å². The average molecular weight is 414 g/mol. The Morgan fingerprint density at radius 2 is 1.90 bits per heavy atom. The third kappa shape index (κ3) is 6.23. The third-order valence-corrected chi connectivity index (χ3v) is 5.57. The van der Waals surface area contributed by atoms with Crippen LogP contribution in [-0.4, -0.2) is 50.4 Å². The van der Waals surface area contributed by atoms with Crippen molar-refractivity contribution >= 4 is 11.8 Å². The number of rotatable bonds is 10. The molecular formula is C23H35N5O2. The van der Waals surface area contributed by atoms with E-state index in [9.17, 15) is 0 Å². The van der Waals surface area contributed by atoms with Crippen LogP contribution in [0, 0.1) is 5.92 Å². The van der Waals surface area contributed by atoms with E-state index in [1.807, 2.05) is 44.2 Å². The van der Waals surface area contributed by atoms with E-state index in [0.29, 0.717) is 18.6 Å². The van der Waals surface area contributed by atoms with Crippen molar-refractivity contribution in [3.8, 4) is 11.5 Å². The summed E-state index contributed by atoms with van der Waals surface area (Å²) in [4.78, 5) is 10.9. The lowest BCUT2D eigenvalue weighted by molar-refractivity contribution is 0.310. The molecule has 0 unspecified atom stereocenters. The molecule has 0 amide bonds. The summed E-state index contributed by atoms with van der Waals surface area (Å²) < 4.78 is 11.0. The topological polar surface area (TPSA) is 71.5 Å². The van der Waals surface area contributed by atoms with Crippen molar-refractivity contribution in [2.75, 3.05) is 44.6 Å². The molecule has 30 heavy (non-hydrogen) atoms. The Bertz CT molecular complexity index is 791. The fourth-order valence-corrected chi connectivity index (χ4v) is 3.88. The van der Waals surface area contributed by atoms with Crippen LogP contribution in [0.5, 0.6) is 11.5 Å². The first-order valence-electron chi connectivity index (χ1n) is 10.9. The predicted octanol–water partition coefficient (Wildman–Crippen LogP) is 3.71. The Hall–Kier alpha value is -2.54. The van der Waals surface area contributed by atoms with E-state index in [4.69, 9.17) is 9.47 Å². The van der Waals surface area contributed by atoms with Crippen LogP contribution < -0.4 is 25.0 Å². The van der Waals surface area contributed by atoms with E-state index in [0.717, 1.165) is 49.2 Å². The number of ether oxygens (including phenoxy) is 2. The minimum absolute atomic E-state index is 0.453. The second-order valence-electron chi connectivity index (χ2n) is 8.04. The third-order valence-electron chi connectivity index (χ3n) is 5.57. The molecule has 0 aliphatic heterocycles. The van der Waals surface area contributed by atoms with Crippen LogP contribution in [0.15, 0.2) is 30.5 Å². The van der Waals surface area contributed by atoms with Gasteiger partial charge in [0, 0.05) is 32.9 Å². The standard InChI is InChI=1S/C23H35N5O2/c1-5-30-21-14-18(8-11-20(21)29-4)16-24-15-17-6-9-19(10-7-17)26-23-25-13-12-22(27-23)28(2)3/h8,11-14,17,19,24H,5-7,9-10,15-16H2,1-4H3,(H,25,26,27). The van der Waals surface area contributed by atoms with Crippen LogP contribution in [0.2, 0.25) is 0 Å². The molecule has 1 fully saturated rings. The van der Waals surface area contributed by atoms with Crippen molar-refractivity contribution < 1.29 is 9.47 Å². The smallest absolute Gasteiger partial charge is 0.224 e. The van der Waals surface area contributed by atoms with E-state index < -0.39 is 0 Å². The number of anilines is 2. The maximum absolute atomic E-state index is 5.67. The summed E-state index contributed by atoms with van der Waals surface area (Å²) in [5.74, 6) is 3.96. The van der Waals surface area contributed by atoms with Crippen LogP contribution in [0.25, 0.3) is 0 Å². The second-order valence-corrected chi connectivity index (χ2v) is 8.04. The van der Waals surface area contributed by atoms with Crippen LogP contribution >= 0.6 is 0 Å². The maximum Gasteiger partial charge on any atom is 0.224 e. The Labute approximate surface area is 180 Å². The van der Waals surface area contributed by atoms with Crippen LogP contribution in [0.3, 0.4) is 0 Å². The molecule has 0 bridgehead atoms. The maximum atomic E-state index is 5.67. The summed E-state index contributed by atoms with van der Waals surface area (Å²) in [6.07, 6.45) is 6.55. The Morgan fingerprint density at radius 1 is 1.10 bits per heavy atom. The molecule has 0 atom stereocenters. The van der Waals surface area contributed by atoms with Crippen LogP contribution in [0.4, 0.5) is 11.8 Å². The molecule has 1 aromatic carbocycles. The van der Waals surface area contributed by atoms with Gasteiger partial charge in [-0.3, -0.25) is 0 Å². The zero-order valence-corrected chi connectivity index (χ0v) is 18.6. The van der Waals surface area contributed by atoms with Gasteiger partial charge in [-0.1, -0.05) is 6.07 Å². The molecule has 1 saturated carbocycles. The molecule has 2 N–H and O–H groups in total. The average Bonchev–Trinajstić information content (AvgIpc) is 2.76. The molecule has 0 radical (unpaired) electrons. The summed E-state index contributed by atoms with van der Waals surface area (Å²) in [6, 6.07) is 8.52. The van der Waals surface area contributed by atoms with Gasteiger partial charge < -0.3 is 25.0 Å². The van der Waals surface area contributed by atoms with E-state index in [1.54, 1.807) is 7.11 Å². The normalized spacial score (nSPS) is 18.7. The van der Waals surface area contributed by atoms with Gasteiger partial charge in [-0.05, 0) is 68.8 Å². The van der Waals surface area contributed by atoms with E-state index >= 15 is 0 Å². The quantitative estimate of drug-likeness (QED) is 0.615. The molecular weight excluding hydrogens is 378 g/mol. The van der Waals surface area contributed by atoms with Crippen molar-refractivity contribution in [2.45, 2.75) is 45.2 Å². The minimum Gasteiger partial charge on any atom is -0.493 e. The fraction of sp³-hybridized carbons (Fsp3) is 0.565. The number of aromatic nitrogens is 2. The highest BCUT2D eigenvalue weighted by atomic mass is 16.5. The van der Waals surface area contributed by atoms with Crippen LogP contribution in [0.1, 0.15) is 38.2 Å². The first kappa shape index (κ1) is 22.2. The van der Waals surface area contributed by atoms with E-state index in [-0.39, 0.29) is 0 Å². The molecule has 164 valence electrons. The van der Waals surface area contributed by atoms with Crippen molar-refractivity contribution in [1.82, 2.24) is 15.3 Å². The largest absolute Gasteiger partial charge is 0.493 e. The molecule has 1 aliphatic rings. The monoisotopic (exact) mass is 413 g/mol. The number of hydrogen-bond donors (Lipinski definition) is 2. The van der Waals surface area contributed by atoms with Gasteiger partial charge in [-0.25, -0.2) is 4.98 Å². The molecule has 0 spiro atoms. The molecule has 7 nitrogen and oxygen atoms in total. The molecule has 7 heteroatoms. The van der Waals surface area contributed by atoms with Gasteiger partial charge in [-0.15, -0.1) is 0 Å². The molecule has 1 heterocycles. The number of nitrogens with zero attached hydrogens (tertiary/aromatic N) is 3. The molecule has 1 aliphatic carbocycles. The number of hydrogen-bond acceptors (Lipinski definition) is 7. The summed E-state index contributed by atoms with van der Waals surface area (Å²) in [5.41, 5.74) is 1.22. The molecule has 2 aromatic rings. The van der Waals surface area contributed by atoms with Crippen LogP contribution in [-0.2, 0) is 6.54 Å². The summed E-state index contributed by atoms with van der Waals surface area (Å²) >= 11 is 0. The highest BCUT2D eigenvalue weighted by Gasteiger charge is 2.21. The van der Waals surface area contributed by atoms with Crippen molar-refractivity contribution in [2.24, 2.45) is 5.92 Å². The van der Waals surface area contributed by atoms with Gasteiger partial charge in [0.15, 0.2) is 11.5 Å². The fourth-order valence-electron chi connectivity index (χ4n) is 3.88. The SMILES string of the molecule is CCOc1cc(CNCC2CCC(Nc3nccc(N(C)C)n3)CC2)ccc1OC. The lowest BCUT2D eigenvalue weighted by atomic mass is 9.86. The van der Waals surface area contributed by atoms with Crippen molar-refractivity contribution in [3.63, 3.8) is 0 Å². The zero-order chi connectivity index (χ0) is 21.3. The van der Waals surface area contributed by atoms with Gasteiger partial charge in [0.2, 0.25) is 5.95 Å². The highest BCUT2D eigenvalue weighted by Crippen LogP contribution is 2.29. The number of nitrogens with one attached hydrogen (secondary N) is 2. The number of methoxy groups -OCH3 is 1. The lowest BCUT2D eigenvalue weighted by Crippen LogP contribution is -2.31. The molecule has 1 aromatic heterocycles. The highest BCUT2D eigenvalue weighted by molar-refractivity contribution is 5.43. The Kier molecular flexibility index (Phi) is 8.13. The first-order chi connectivity index (χ1) is 14.6. The first-order valence-corrected chi connectivity index (χ1v) is 10.9. The Morgan fingerprint density at radius 3 is 2.60 bits per heavy atom. The summed E-state index contributed by atoms with van der Waals surface area (Å²) in [7, 11) is 5.66. The number of benzene rings is 1.